The Morgan fingerprint density at radius 3 is 2.71 bits per heavy atom. The van der Waals surface area contributed by atoms with Crippen LogP contribution in [-0.2, 0) is 16.1 Å². The van der Waals surface area contributed by atoms with E-state index in [9.17, 15) is 14.4 Å². The average Bonchev–Trinajstić information content (AvgIpc) is 3.06. The van der Waals surface area contributed by atoms with Crippen LogP contribution in [0.25, 0.3) is 0 Å². The van der Waals surface area contributed by atoms with E-state index in [4.69, 9.17) is 16.3 Å². The molecular formula is C23H28ClN3O4. The van der Waals surface area contributed by atoms with Crippen molar-refractivity contribution < 1.29 is 19.1 Å². The second-order valence-electron chi connectivity index (χ2n) is 7.75. The number of halogens is 1. The summed E-state index contributed by atoms with van der Waals surface area (Å²) in [6, 6.07) is 7.38. The lowest BCUT2D eigenvalue weighted by Gasteiger charge is -2.32. The number of H-pyrrole nitrogens is 1. The second kappa shape index (κ2) is 10.0. The van der Waals surface area contributed by atoms with Crippen LogP contribution in [0.5, 0.6) is 0 Å². The Hall–Kier alpha value is -2.80. The minimum atomic E-state index is -0.441. The van der Waals surface area contributed by atoms with Crippen LogP contribution >= 0.6 is 11.6 Å². The number of carbonyl (C=O) groups is 3. The number of nitrogens with zero attached hydrogens (tertiary/aromatic N) is 1. The van der Waals surface area contributed by atoms with Crippen molar-refractivity contribution in [1.29, 1.82) is 0 Å². The van der Waals surface area contributed by atoms with Gasteiger partial charge < -0.3 is 19.9 Å². The Morgan fingerprint density at radius 2 is 2.00 bits per heavy atom. The number of nitrogens with one attached hydrogen (secondary N) is 2. The van der Waals surface area contributed by atoms with Crippen molar-refractivity contribution in [2.45, 2.75) is 40.2 Å². The maximum absolute atomic E-state index is 13.2. The van der Waals surface area contributed by atoms with Gasteiger partial charge in [-0.1, -0.05) is 29.8 Å². The van der Waals surface area contributed by atoms with Crippen LogP contribution < -0.4 is 5.32 Å². The molecule has 1 fully saturated rings. The van der Waals surface area contributed by atoms with Crippen molar-refractivity contribution in [3.8, 4) is 0 Å². The van der Waals surface area contributed by atoms with Gasteiger partial charge >= 0.3 is 5.97 Å². The lowest BCUT2D eigenvalue weighted by molar-refractivity contribution is -0.126. The molecule has 0 radical (unpaired) electrons. The number of aromatic amines is 1. The summed E-state index contributed by atoms with van der Waals surface area (Å²) in [6.07, 6.45) is 1.45. The molecule has 2 amide bonds. The summed E-state index contributed by atoms with van der Waals surface area (Å²) in [6.45, 7) is 6.74. The number of hydrogen-bond donors (Lipinski definition) is 2. The number of amides is 2. The van der Waals surface area contributed by atoms with Crippen LogP contribution in [0.1, 0.15) is 57.4 Å². The first-order chi connectivity index (χ1) is 14.8. The number of aromatic nitrogens is 1. The monoisotopic (exact) mass is 445 g/mol. The fourth-order valence-corrected chi connectivity index (χ4v) is 4.18. The minimum Gasteiger partial charge on any atom is -0.462 e. The Balaban J connectivity index is 1.67. The molecule has 0 saturated carbocycles. The van der Waals surface area contributed by atoms with Gasteiger partial charge in [0, 0.05) is 30.4 Å². The van der Waals surface area contributed by atoms with Crippen molar-refractivity contribution in [2.24, 2.45) is 5.92 Å². The quantitative estimate of drug-likeness (QED) is 0.664. The van der Waals surface area contributed by atoms with Crippen LogP contribution in [0.15, 0.2) is 24.3 Å². The Morgan fingerprint density at radius 1 is 1.26 bits per heavy atom. The molecular weight excluding hydrogens is 418 g/mol. The zero-order chi connectivity index (χ0) is 22.5. The Labute approximate surface area is 187 Å². The molecule has 166 valence electrons. The van der Waals surface area contributed by atoms with Crippen molar-refractivity contribution in [3.63, 3.8) is 0 Å². The zero-order valence-corrected chi connectivity index (χ0v) is 18.8. The number of esters is 1. The number of benzene rings is 1. The smallest absolute Gasteiger partial charge is 0.340 e. The van der Waals surface area contributed by atoms with E-state index in [2.05, 4.69) is 10.3 Å². The van der Waals surface area contributed by atoms with E-state index < -0.39 is 5.97 Å². The molecule has 2 aromatic rings. The number of carbonyl (C=O) groups excluding carboxylic acids is 3. The summed E-state index contributed by atoms with van der Waals surface area (Å²) in [5.74, 6) is -1.03. The molecule has 1 atom stereocenters. The molecule has 2 heterocycles. The molecule has 1 unspecified atom stereocenters. The van der Waals surface area contributed by atoms with Gasteiger partial charge in [-0.15, -0.1) is 0 Å². The molecule has 1 aromatic heterocycles. The topological polar surface area (TPSA) is 91.5 Å². The lowest BCUT2D eigenvalue weighted by Crippen LogP contribution is -2.45. The SMILES string of the molecule is CCOC(=O)c1c(C)[nH]c(C(=O)N2CCCC(C(=O)NCc3ccccc3Cl)C2)c1C. The number of ether oxygens (including phenoxy) is 1. The van der Waals surface area contributed by atoms with Crippen molar-refractivity contribution in [1.82, 2.24) is 15.2 Å². The van der Waals surface area contributed by atoms with Gasteiger partial charge in [0.2, 0.25) is 5.91 Å². The fraction of sp³-hybridized carbons (Fsp3) is 0.435. The molecule has 2 N–H and O–H groups in total. The Bertz CT molecular complexity index is 985. The van der Waals surface area contributed by atoms with Crippen molar-refractivity contribution in [3.05, 3.63) is 57.4 Å². The summed E-state index contributed by atoms with van der Waals surface area (Å²) in [5, 5.41) is 3.54. The predicted molar refractivity (Wildman–Crippen MR) is 118 cm³/mol. The highest BCUT2D eigenvalue weighted by atomic mass is 35.5. The van der Waals surface area contributed by atoms with Crippen molar-refractivity contribution in [2.75, 3.05) is 19.7 Å². The molecule has 0 aliphatic carbocycles. The minimum absolute atomic E-state index is 0.0935. The molecule has 0 spiro atoms. The van der Waals surface area contributed by atoms with Crippen LogP contribution in [0.4, 0.5) is 0 Å². The van der Waals surface area contributed by atoms with E-state index in [1.54, 1.807) is 31.7 Å². The van der Waals surface area contributed by atoms with Gasteiger partial charge in [-0.25, -0.2) is 4.79 Å². The average molecular weight is 446 g/mol. The Kier molecular flexibility index (Phi) is 7.38. The number of hydrogen-bond acceptors (Lipinski definition) is 4. The third-order valence-corrected chi connectivity index (χ3v) is 5.99. The lowest BCUT2D eigenvalue weighted by atomic mass is 9.96. The van der Waals surface area contributed by atoms with Gasteiger partial charge in [0.15, 0.2) is 0 Å². The largest absolute Gasteiger partial charge is 0.462 e. The van der Waals surface area contributed by atoms with Crippen LogP contribution in [0.2, 0.25) is 5.02 Å². The van der Waals surface area contributed by atoms with E-state index in [1.807, 2.05) is 18.2 Å². The van der Waals surface area contributed by atoms with Gasteiger partial charge in [0.25, 0.3) is 5.91 Å². The van der Waals surface area contributed by atoms with E-state index in [0.717, 1.165) is 18.4 Å². The molecule has 3 rings (SSSR count). The standard InChI is InChI=1S/C23H28ClN3O4/c1-4-31-23(30)19-14(2)20(26-15(19)3)22(29)27-11-7-9-17(13-27)21(28)25-12-16-8-5-6-10-18(16)24/h5-6,8,10,17,26H,4,7,9,11-13H2,1-3H3,(H,25,28). The third-order valence-electron chi connectivity index (χ3n) is 5.62. The van der Waals surface area contributed by atoms with E-state index >= 15 is 0 Å². The number of aryl methyl sites for hydroxylation is 1. The molecule has 1 aliphatic rings. The first-order valence-corrected chi connectivity index (χ1v) is 10.9. The van der Waals surface area contributed by atoms with Gasteiger partial charge in [-0.2, -0.15) is 0 Å². The summed E-state index contributed by atoms with van der Waals surface area (Å²) < 4.78 is 5.10. The van der Waals surface area contributed by atoms with E-state index in [0.29, 0.717) is 47.2 Å². The predicted octanol–water partition coefficient (Wildman–Crippen LogP) is 3.63. The van der Waals surface area contributed by atoms with Crippen LogP contribution in [-0.4, -0.2) is 47.4 Å². The highest BCUT2D eigenvalue weighted by Crippen LogP contribution is 2.24. The highest BCUT2D eigenvalue weighted by molar-refractivity contribution is 6.31. The fourth-order valence-electron chi connectivity index (χ4n) is 3.98. The maximum Gasteiger partial charge on any atom is 0.340 e. The highest BCUT2D eigenvalue weighted by Gasteiger charge is 2.31. The van der Waals surface area contributed by atoms with E-state index in [1.165, 1.54) is 0 Å². The van der Waals surface area contributed by atoms with Crippen molar-refractivity contribution >= 4 is 29.4 Å². The molecule has 31 heavy (non-hydrogen) atoms. The summed E-state index contributed by atoms with van der Waals surface area (Å²) >= 11 is 6.16. The molecule has 0 bridgehead atoms. The number of rotatable bonds is 6. The number of piperidine rings is 1. The van der Waals surface area contributed by atoms with Crippen LogP contribution in [0.3, 0.4) is 0 Å². The van der Waals surface area contributed by atoms with Gasteiger partial charge in [-0.3, -0.25) is 9.59 Å². The summed E-state index contributed by atoms with van der Waals surface area (Å²) in [7, 11) is 0. The second-order valence-corrected chi connectivity index (χ2v) is 8.15. The first kappa shape index (κ1) is 22.9. The van der Waals surface area contributed by atoms with Crippen LogP contribution in [0, 0.1) is 19.8 Å². The van der Waals surface area contributed by atoms with Gasteiger partial charge in [0.05, 0.1) is 18.1 Å². The molecule has 1 aliphatic heterocycles. The first-order valence-electron chi connectivity index (χ1n) is 10.5. The third kappa shape index (κ3) is 5.10. The molecule has 1 aromatic carbocycles. The van der Waals surface area contributed by atoms with Gasteiger partial charge in [-0.05, 0) is 50.8 Å². The molecule has 7 nitrogen and oxygen atoms in total. The molecule has 8 heteroatoms. The maximum atomic E-state index is 13.2. The zero-order valence-electron chi connectivity index (χ0n) is 18.1. The van der Waals surface area contributed by atoms with Gasteiger partial charge in [0.1, 0.15) is 5.69 Å². The summed E-state index contributed by atoms with van der Waals surface area (Å²) in [4.78, 5) is 42.8. The molecule has 1 saturated heterocycles. The summed E-state index contributed by atoms with van der Waals surface area (Å²) in [5.41, 5.74) is 2.80. The normalized spacial score (nSPS) is 16.1. The number of likely N-dealkylation sites (tertiary alicyclic amines) is 1. The van der Waals surface area contributed by atoms with E-state index in [-0.39, 0.29) is 24.3 Å².